The normalized spacial score (nSPS) is 13.9. The first kappa shape index (κ1) is 21.0. The lowest BCUT2D eigenvalue weighted by atomic mass is 10.1. The maximum absolute atomic E-state index is 12.4. The Balaban J connectivity index is 1.40. The molecule has 2 aromatic rings. The molecule has 0 N–H and O–H groups in total. The third-order valence-corrected chi connectivity index (χ3v) is 5.25. The highest BCUT2D eigenvalue weighted by molar-refractivity contribution is 6.30. The quantitative estimate of drug-likeness (QED) is 0.726. The van der Waals surface area contributed by atoms with Gasteiger partial charge in [-0.15, -0.1) is 0 Å². The number of hydrogen-bond acceptors (Lipinski definition) is 4. The average molecular weight is 417 g/mol. The Kier molecular flexibility index (Phi) is 6.99. The number of benzene rings is 2. The molecule has 0 aliphatic carbocycles. The molecule has 1 fully saturated rings. The van der Waals surface area contributed by atoms with Gasteiger partial charge < -0.3 is 19.3 Å². The van der Waals surface area contributed by atoms with Crippen molar-refractivity contribution in [2.45, 2.75) is 13.8 Å². The molecule has 1 heterocycles. The second-order valence-corrected chi connectivity index (χ2v) is 7.48. The van der Waals surface area contributed by atoms with E-state index in [1.165, 1.54) is 5.56 Å². The first-order chi connectivity index (χ1) is 13.9. The van der Waals surface area contributed by atoms with Crippen molar-refractivity contribution < 1.29 is 19.1 Å². The smallest absolute Gasteiger partial charge is 0.260 e. The Morgan fingerprint density at radius 3 is 1.79 bits per heavy atom. The molecule has 2 amide bonds. The van der Waals surface area contributed by atoms with E-state index in [0.29, 0.717) is 42.7 Å². The topological polar surface area (TPSA) is 59.1 Å². The molecule has 1 aliphatic rings. The summed E-state index contributed by atoms with van der Waals surface area (Å²) in [6.45, 7) is 5.95. The number of carbonyl (C=O) groups is 2. The van der Waals surface area contributed by atoms with E-state index in [2.05, 4.69) is 0 Å². The van der Waals surface area contributed by atoms with Gasteiger partial charge in [0.1, 0.15) is 11.5 Å². The minimum Gasteiger partial charge on any atom is -0.484 e. The summed E-state index contributed by atoms with van der Waals surface area (Å²) in [6.07, 6.45) is 0. The minimum absolute atomic E-state index is 0.00384. The number of halogens is 1. The summed E-state index contributed by atoms with van der Waals surface area (Å²) in [6, 6.07) is 12.7. The fourth-order valence-electron chi connectivity index (χ4n) is 3.01. The van der Waals surface area contributed by atoms with Crippen LogP contribution in [0.5, 0.6) is 11.5 Å². The number of ether oxygens (including phenoxy) is 2. The second kappa shape index (κ2) is 9.65. The van der Waals surface area contributed by atoms with Crippen LogP contribution in [-0.2, 0) is 9.59 Å². The van der Waals surface area contributed by atoms with Crippen molar-refractivity contribution >= 4 is 23.4 Å². The van der Waals surface area contributed by atoms with Crippen molar-refractivity contribution in [3.63, 3.8) is 0 Å². The molecule has 6 nitrogen and oxygen atoms in total. The first-order valence-corrected chi connectivity index (χ1v) is 9.94. The zero-order valence-corrected chi connectivity index (χ0v) is 17.4. The van der Waals surface area contributed by atoms with Crippen molar-refractivity contribution in [3.8, 4) is 11.5 Å². The van der Waals surface area contributed by atoms with Crippen LogP contribution in [0.2, 0.25) is 5.02 Å². The Labute approximate surface area is 176 Å². The van der Waals surface area contributed by atoms with Crippen LogP contribution in [-0.4, -0.2) is 61.0 Å². The van der Waals surface area contributed by atoms with Gasteiger partial charge in [-0.1, -0.05) is 17.7 Å². The van der Waals surface area contributed by atoms with Gasteiger partial charge in [-0.2, -0.15) is 0 Å². The van der Waals surface area contributed by atoms with Gasteiger partial charge in [0.2, 0.25) is 0 Å². The van der Waals surface area contributed by atoms with Crippen LogP contribution in [0.25, 0.3) is 0 Å². The van der Waals surface area contributed by atoms with Crippen molar-refractivity contribution in [2.75, 3.05) is 39.4 Å². The zero-order chi connectivity index (χ0) is 20.8. The fourth-order valence-corrected chi connectivity index (χ4v) is 3.14. The lowest BCUT2D eigenvalue weighted by Crippen LogP contribution is -2.52. The highest BCUT2D eigenvalue weighted by Gasteiger charge is 2.24. The molecule has 3 rings (SSSR count). The van der Waals surface area contributed by atoms with Crippen molar-refractivity contribution in [1.29, 1.82) is 0 Å². The van der Waals surface area contributed by atoms with E-state index >= 15 is 0 Å². The molecule has 154 valence electrons. The third kappa shape index (κ3) is 5.87. The highest BCUT2D eigenvalue weighted by atomic mass is 35.5. The zero-order valence-electron chi connectivity index (χ0n) is 16.7. The molecule has 1 saturated heterocycles. The summed E-state index contributed by atoms with van der Waals surface area (Å²) in [5, 5.41) is 0.617. The molecule has 0 atom stereocenters. The molecule has 29 heavy (non-hydrogen) atoms. The maximum Gasteiger partial charge on any atom is 0.260 e. The molecule has 0 saturated carbocycles. The number of amides is 2. The van der Waals surface area contributed by atoms with Gasteiger partial charge in [0.15, 0.2) is 13.2 Å². The van der Waals surface area contributed by atoms with Gasteiger partial charge >= 0.3 is 0 Å². The van der Waals surface area contributed by atoms with Crippen molar-refractivity contribution in [2.24, 2.45) is 0 Å². The first-order valence-electron chi connectivity index (χ1n) is 9.56. The maximum atomic E-state index is 12.4. The molecule has 0 spiro atoms. The van der Waals surface area contributed by atoms with Gasteiger partial charge in [-0.3, -0.25) is 9.59 Å². The molecule has 0 unspecified atom stereocenters. The van der Waals surface area contributed by atoms with E-state index in [-0.39, 0.29) is 25.0 Å². The van der Waals surface area contributed by atoms with Gasteiger partial charge in [0.25, 0.3) is 11.8 Å². The van der Waals surface area contributed by atoms with Gasteiger partial charge in [0.05, 0.1) is 0 Å². The van der Waals surface area contributed by atoms with E-state index < -0.39 is 0 Å². The predicted molar refractivity (Wildman–Crippen MR) is 112 cm³/mol. The van der Waals surface area contributed by atoms with Crippen LogP contribution in [0.15, 0.2) is 42.5 Å². The van der Waals surface area contributed by atoms with Crippen LogP contribution >= 0.6 is 11.6 Å². The lowest BCUT2D eigenvalue weighted by Gasteiger charge is -2.34. The standard InChI is InChI=1S/C22H25ClN2O4/c1-16-3-6-20(13-17(16)2)29-15-22(27)25-11-9-24(10-12-25)21(26)14-28-19-7-4-18(23)5-8-19/h3-8,13H,9-12,14-15H2,1-2H3. The molecule has 1 aliphatic heterocycles. The molecule has 0 bridgehead atoms. The molecule has 7 heteroatoms. The molecule has 0 aromatic heterocycles. The van der Waals surface area contributed by atoms with Crippen molar-refractivity contribution in [3.05, 3.63) is 58.6 Å². The third-order valence-electron chi connectivity index (χ3n) is 5.00. The largest absolute Gasteiger partial charge is 0.484 e. The SMILES string of the molecule is Cc1ccc(OCC(=O)N2CCN(C(=O)COc3ccc(Cl)cc3)CC2)cc1C. The number of carbonyl (C=O) groups excluding carboxylic acids is 2. The Bertz CT molecular complexity index is 862. The fraction of sp³-hybridized carbons (Fsp3) is 0.364. The number of hydrogen-bond donors (Lipinski definition) is 0. The number of rotatable bonds is 6. The second-order valence-electron chi connectivity index (χ2n) is 7.04. The summed E-state index contributed by atoms with van der Waals surface area (Å²) >= 11 is 5.83. The molecular weight excluding hydrogens is 392 g/mol. The Morgan fingerprint density at radius 2 is 1.28 bits per heavy atom. The van der Waals surface area contributed by atoms with E-state index in [4.69, 9.17) is 21.1 Å². The predicted octanol–water partition coefficient (Wildman–Crippen LogP) is 3.09. The number of nitrogens with zero attached hydrogens (tertiary/aromatic N) is 2. The molecule has 2 aromatic carbocycles. The van der Waals surface area contributed by atoms with E-state index in [9.17, 15) is 9.59 Å². The summed E-state index contributed by atoms with van der Waals surface area (Å²) < 4.78 is 11.1. The summed E-state index contributed by atoms with van der Waals surface area (Å²) in [4.78, 5) is 28.2. The molecular formula is C22H25ClN2O4. The number of aryl methyl sites for hydroxylation is 2. The van der Waals surface area contributed by atoms with Gasteiger partial charge in [0, 0.05) is 31.2 Å². The van der Waals surface area contributed by atoms with Gasteiger partial charge in [-0.25, -0.2) is 0 Å². The van der Waals surface area contributed by atoms with Crippen LogP contribution in [0, 0.1) is 13.8 Å². The van der Waals surface area contributed by atoms with E-state index in [0.717, 1.165) is 5.56 Å². The highest BCUT2D eigenvalue weighted by Crippen LogP contribution is 2.17. The van der Waals surface area contributed by atoms with E-state index in [1.54, 1.807) is 34.1 Å². The minimum atomic E-state index is -0.0987. The van der Waals surface area contributed by atoms with Crippen LogP contribution in [0.3, 0.4) is 0 Å². The Morgan fingerprint density at radius 1 is 0.793 bits per heavy atom. The summed E-state index contributed by atoms with van der Waals surface area (Å²) in [5.41, 5.74) is 2.31. The van der Waals surface area contributed by atoms with E-state index in [1.807, 2.05) is 32.0 Å². The van der Waals surface area contributed by atoms with Crippen LogP contribution in [0.1, 0.15) is 11.1 Å². The van der Waals surface area contributed by atoms with Crippen LogP contribution in [0.4, 0.5) is 0 Å². The summed E-state index contributed by atoms with van der Waals surface area (Å²) in [5.74, 6) is 1.11. The lowest BCUT2D eigenvalue weighted by molar-refractivity contribution is -0.141. The average Bonchev–Trinajstić information content (AvgIpc) is 2.74. The van der Waals surface area contributed by atoms with Crippen LogP contribution < -0.4 is 9.47 Å². The molecule has 0 radical (unpaired) electrons. The van der Waals surface area contributed by atoms with Crippen molar-refractivity contribution in [1.82, 2.24) is 9.80 Å². The number of piperazine rings is 1. The Hall–Kier alpha value is -2.73. The van der Waals surface area contributed by atoms with Gasteiger partial charge in [-0.05, 0) is 61.4 Å². The monoisotopic (exact) mass is 416 g/mol. The summed E-state index contributed by atoms with van der Waals surface area (Å²) in [7, 11) is 0.